The van der Waals surface area contributed by atoms with Gasteiger partial charge in [-0.1, -0.05) is 62.4 Å². The topological polar surface area (TPSA) is 159 Å². The Balaban J connectivity index is 1.39. The number of benzene rings is 1. The lowest BCUT2D eigenvalue weighted by Crippen LogP contribution is -2.56. The van der Waals surface area contributed by atoms with Crippen molar-refractivity contribution in [1.82, 2.24) is 25.8 Å². The Morgan fingerprint density at radius 1 is 0.944 bits per heavy atom. The molecule has 4 rings (SSSR count). The smallest absolute Gasteiger partial charge is 0.410 e. The summed E-state index contributed by atoms with van der Waals surface area (Å²) in [6.45, 7) is 6.07. The monoisotopic (exact) mass is 785 g/mol. The molecule has 1 aliphatic heterocycles. The predicted molar refractivity (Wildman–Crippen MR) is 213 cm³/mol. The maximum atomic E-state index is 13.9. The molecule has 0 radical (unpaired) electrons. The molecule has 2 aliphatic rings. The van der Waals surface area contributed by atoms with Crippen molar-refractivity contribution in [2.75, 3.05) is 30.9 Å². The van der Waals surface area contributed by atoms with Gasteiger partial charge in [0.2, 0.25) is 5.91 Å². The standard InChI is InChI=1S/C40H59N5O7S2/c1-40(2,3)52-38(49)42-30-17-22-45(23-18-30)39(50)51-35(26-29-13-9-6-10-14-29)37(48)44-33(27-53-4)36(47)43-32(25-28-11-7-5-8-12-28)34(46)19-24-54-31-15-20-41-21-16-31/h6,9-10,13-16,20-21,28,30,32-35,46H,5,7-8,11-12,17-19,22-27H2,1-4H3,(H,42,49)(H,43,47)(H,44,48)/t32-,33-,34-,35-/m0/s1. The van der Waals surface area contributed by atoms with Gasteiger partial charge in [-0.15, -0.1) is 11.8 Å². The number of ether oxygens (including phenoxy) is 2. The Labute approximate surface area is 329 Å². The molecule has 1 aromatic carbocycles. The molecule has 1 aliphatic carbocycles. The van der Waals surface area contributed by atoms with Crippen molar-refractivity contribution in [3.63, 3.8) is 0 Å². The quantitative estimate of drug-likeness (QED) is 0.141. The number of hydrogen-bond donors (Lipinski definition) is 4. The summed E-state index contributed by atoms with van der Waals surface area (Å²) >= 11 is 3.06. The number of hydrogen-bond acceptors (Lipinski definition) is 10. The largest absolute Gasteiger partial charge is 0.444 e. The molecule has 2 fully saturated rings. The molecule has 0 unspecified atom stereocenters. The number of nitrogens with zero attached hydrogens (tertiary/aromatic N) is 2. The Morgan fingerprint density at radius 3 is 2.28 bits per heavy atom. The molecule has 2 aromatic rings. The Hall–Kier alpha value is -3.49. The first-order chi connectivity index (χ1) is 25.9. The van der Waals surface area contributed by atoms with Gasteiger partial charge < -0.3 is 35.4 Å². The third-order valence-electron chi connectivity index (χ3n) is 9.68. The number of aliphatic hydroxyl groups is 1. The second-order valence-electron chi connectivity index (χ2n) is 15.2. The summed E-state index contributed by atoms with van der Waals surface area (Å²) < 4.78 is 11.2. The van der Waals surface area contributed by atoms with Gasteiger partial charge >= 0.3 is 12.2 Å². The molecule has 14 heteroatoms. The van der Waals surface area contributed by atoms with Crippen LogP contribution in [0.5, 0.6) is 0 Å². The lowest BCUT2D eigenvalue weighted by atomic mass is 9.83. The first-order valence-corrected chi connectivity index (χ1v) is 21.6. The molecule has 0 bridgehead atoms. The van der Waals surface area contributed by atoms with Gasteiger partial charge in [-0.3, -0.25) is 14.6 Å². The number of thioether (sulfide) groups is 2. The van der Waals surface area contributed by atoms with Crippen molar-refractivity contribution in [1.29, 1.82) is 0 Å². The van der Waals surface area contributed by atoms with Crippen molar-refractivity contribution < 1.29 is 33.8 Å². The Morgan fingerprint density at radius 2 is 1.63 bits per heavy atom. The number of nitrogens with one attached hydrogen (secondary N) is 3. The number of alkyl carbamates (subject to hydrolysis) is 1. The van der Waals surface area contributed by atoms with Gasteiger partial charge in [0.05, 0.1) is 12.1 Å². The van der Waals surface area contributed by atoms with E-state index in [2.05, 4.69) is 20.9 Å². The lowest BCUT2D eigenvalue weighted by molar-refractivity contribution is -0.134. The zero-order valence-electron chi connectivity index (χ0n) is 32.2. The van der Waals surface area contributed by atoms with Crippen molar-refractivity contribution in [2.24, 2.45) is 5.92 Å². The van der Waals surface area contributed by atoms with Crippen LogP contribution < -0.4 is 16.0 Å². The molecule has 1 saturated carbocycles. The first kappa shape index (κ1) is 43.2. The summed E-state index contributed by atoms with van der Waals surface area (Å²) in [4.78, 5) is 60.3. The number of amides is 4. The van der Waals surface area contributed by atoms with Crippen LogP contribution in [0.2, 0.25) is 0 Å². The number of carbonyl (C=O) groups excluding carboxylic acids is 4. The van der Waals surface area contributed by atoms with Crippen LogP contribution in [0.4, 0.5) is 9.59 Å². The number of pyridine rings is 1. The minimum Gasteiger partial charge on any atom is -0.444 e. The van der Waals surface area contributed by atoms with Gasteiger partial charge in [-0.2, -0.15) is 11.8 Å². The van der Waals surface area contributed by atoms with Gasteiger partial charge in [0.25, 0.3) is 5.91 Å². The third kappa shape index (κ3) is 15.3. The van der Waals surface area contributed by atoms with Crippen molar-refractivity contribution in [3.8, 4) is 0 Å². The van der Waals surface area contributed by atoms with Gasteiger partial charge in [0.1, 0.15) is 11.6 Å². The molecule has 0 spiro atoms. The summed E-state index contributed by atoms with van der Waals surface area (Å²) in [5.74, 6) is 0.446. The molecule has 54 heavy (non-hydrogen) atoms. The van der Waals surface area contributed by atoms with E-state index in [0.29, 0.717) is 56.2 Å². The van der Waals surface area contributed by atoms with Crippen molar-refractivity contribution in [2.45, 2.75) is 126 Å². The SMILES string of the molecule is CSC[C@H](NC(=O)[C@H](Cc1ccccc1)OC(=O)N1CCC(NC(=O)OC(C)(C)C)CC1)C(=O)N[C@@H](CC1CCCCC1)[C@@H](O)CCSc1ccncc1. The highest BCUT2D eigenvalue weighted by Crippen LogP contribution is 2.29. The molecule has 4 amide bonds. The van der Waals surface area contributed by atoms with Gasteiger partial charge in [0, 0.05) is 54.3 Å². The van der Waals surface area contributed by atoms with Crippen LogP contribution in [0.3, 0.4) is 0 Å². The molecule has 298 valence electrons. The molecule has 1 aromatic heterocycles. The number of rotatable bonds is 17. The van der Waals surface area contributed by atoms with E-state index in [0.717, 1.165) is 36.1 Å². The van der Waals surface area contributed by atoms with Crippen LogP contribution >= 0.6 is 23.5 Å². The highest BCUT2D eigenvalue weighted by Gasteiger charge is 2.34. The van der Waals surface area contributed by atoms with Crippen molar-refractivity contribution in [3.05, 3.63) is 60.4 Å². The second kappa shape index (κ2) is 22.2. The van der Waals surface area contributed by atoms with Crippen LogP contribution in [-0.2, 0) is 25.5 Å². The van der Waals surface area contributed by atoms with Crippen LogP contribution in [0.1, 0.15) is 84.1 Å². The molecule has 4 atom stereocenters. The Bertz CT molecular complexity index is 1450. The number of aliphatic hydroxyl groups excluding tert-OH is 1. The summed E-state index contributed by atoms with van der Waals surface area (Å²) in [5.41, 5.74) is 0.188. The molecule has 2 heterocycles. The first-order valence-electron chi connectivity index (χ1n) is 19.2. The van der Waals surface area contributed by atoms with Crippen LogP contribution in [0.25, 0.3) is 0 Å². The lowest BCUT2D eigenvalue weighted by Gasteiger charge is -2.33. The highest BCUT2D eigenvalue weighted by molar-refractivity contribution is 7.99. The van der Waals surface area contributed by atoms with Crippen LogP contribution in [0.15, 0.2) is 59.8 Å². The zero-order chi connectivity index (χ0) is 38.9. The third-order valence-corrected chi connectivity index (χ3v) is 11.4. The van der Waals surface area contributed by atoms with Gasteiger partial charge in [-0.25, -0.2) is 9.59 Å². The molecular formula is C40H59N5O7S2. The summed E-state index contributed by atoms with van der Waals surface area (Å²) in [6, 6.07) is 11.6. The number of carbonyl (C=O) groups is 4. The maximum Gasteiger partial charge on any atom is 0.410 e. The number of aromatic nitrogens is 1. The Kier molecular flexibility index (Phi) is 17.7. The summed E-state index contributed by atoms with van der Waals surface area (Å²) in [5, 5.41) is 20.3. The van der Waals surface area contributed by atoms with E-state index in [4.69, 9.17) is 9.47 Å². The molecule has 12 nitrogen and oxygen atoms in total. The minimum atomic E-state index is -1.19. The van der Waals surface area contributed by atoms with E-state index < -0.39 is 48.0 Å². The fourth-order valence-corrected chi connectivity index (χ4v) is 8.30. The van der Waals surface area contributed by atoms with E-state index in [-0.39, 0.29) is 18.4 Å². The maximum absolute atomic E-state index is 13.9. The normalized spacial score (nSPS) is 17.8. The minimum absolute atomic E-state index is 0.126. The summed E-state index contributed by atoms with van der Waals surface area (Å²) in [6.07, 6.45) is 10.2. The van der Waals surface area contributed by atoms with E-state index in [1.54, 1.807) is 44.9 Å². The second-order valence-corrected chi connectivity index (χ2v) is 17.3. The van der Waals surface area contributed by atoms with E-state index in [9.17, 15) is 24.3 Å². The average Bonchev–Trinajstić information content (AvgIpc) is 3.14. The molecular weight excluding hydrogens is 727 g/mol. The van der Waals surface area contributed by atoms with Crippen LogP contribution in [0, 0.1) is 5.92 Å². The van der Waals surface area contributed by atoms with Crippen LogP contribution in [-0.4, -0.2) is 106 Å². The van der Waals surface area contributed by atoms with E-state index in [1.165, 1.54) is 23.1 Å². The van der Waals surface area contributed by atoms with E-state index >= 15 is 0 Å². The fourth-order valence-electron chi connectivity index (χ4n) is 6.82. The number of piperidine rings is 1. The summed E-state index contributed by atoms with van der Waals surface area (Å²) in [7, 11) is 0. The van der Waals surface area contributed by atoms with Gasteiger partial charge in [-0.05, 0) is 76.3 Å². The van der Waals surface area contributed by atoms with E-state index in [1.807, 2.05) is 48.7 Å². The molecule has 4 N–H and O–H groups in total. The molecule has 1 saturated heterocycles. The highest BCUT2D eigenvalue weighted by atomic mass is 32.2. The number of likely N-dealkylation sites (tertiary alicyclic amines) is 1. The zero-order valence-corrected chi connectivity index (χ0v) is 33.8. The predicted octanol–water partition coefficient (Wildman–Crippen LogP) is 5.96. The average molecular weight is 786 g/mol. The van der Waals surface area contributed by atoms with Crippen molar-refractivity contribution >= 4 is 47.5 Å². The van der Waals surface area contributed by atoms with Gasteiger partial charge in [0.15, 0.2) is 6.10 Å². The fraction of sp³-hybridized carbons (Fsp3) is 0.625.